The number of benzene rings is 1. The molecular weight excluding hydrogens is 332 g/mol. The van der Waals surface area contributed by atoms with Crippen LogP contribution in [0.3, 0.4) is 0 Å². The van der Waals surface area contributed by atoms with Crippen LogP contribution in [0.25, 0.3) is 0 Å². The number of amides is 1. The van der Waals surface area contributed by atoms with Crippen molar-refractivity contribution >= 4 is 31.9 Å². The highest BCUT2D eigenvalue weighted by Gasteiger charge is 2.28. The maximum Gasteiger partial charge on any atom is 0.244 e. The third kappa shape index (κ3) is 4.29. The molecule has 1 rings (SSSR count). The molecule has 19 heavy (non-hydrogen) atoms. The monoisotopic (exact) mass is 348 g/mol. The molecule has 1 aromatic rings. The Labute approximate surface area is 122 Å². The zero-order valence-electron chi connectivity index (χ0n) is 10.8. The first-order chi connectivity index (χ1) is 8.75. The van der Waals surface area contributed by atoms with E-state index >= 15 is 0 Å². The number of carbonyl (C=O) groups is 1. The lowest BCUT2D eigenvalue weighted by molar-refractivity contribution is -0.118. The first-order valence-electron chi connectivity index (χ1n) is 5.78. The third-order valence-corrected chi connectivity index (χ3v) is 5.18. The van der Waals surface area contributed by atoms with E-state index in [1.807, 2.05) is 13.8 Å². The van der Waals surface area contributed by atoms with Gasteiger partial charge in [0.05, 0.1) is 11.4 Å². The van der Waals surface area contributed by atoms with Gasteiger partial charge in [-0.05, 0) is 34.0 Å². The molecule has 0 fully saturated rings. The molecule has 7 heteroatoms. The molecule has 5 nitrogen and oxygen atoms in total. The Kier molecular flexibility index (Phi) is 5.51. The molecule has 0 bridgehead atoms. The molecule has 0 heterocycles. The lowest BCUT2D eigenvalue weighted by Crippen LogP contribution is -2.40. The van der Waals surface area contributed by atoms with E-state index in [4.69, 9.17) is 5.73 Å². The van der Waals surface area contributed by atoms with Crippen molar-refractivity contribution in [2.75, 3.05) is 13.1 Å². The molecule has 0 atom stereocenters. The Morgan fingerprint density at radius 2 is 1.95 bits per heavy atom. The Morgan fingerprint density at radius 1 is 1.37 bits per heavy atom. The van der Waals surface area contributed by atoms with E-state index in [1.165, 1.54) is 6.07 Å². The van der Waals surface area contributed by atoms with Gasteiger partial charge in [0.2, 0.25) is 15.9 Å². The second-order valence-corrected chi connectivity index (χ2v) is 7.35. The molecule has 0 aromatic heterocycles. The van der Waals surface area contributed by atoms with Crippen LogP contribution in [-0.4, -0.2) is 31.7 Å². The molecule has 0 aliphatic carbocycles. The maximum absolute atomic E-state index is 12.5. The number of rotatable bonds is 6. The normalized spacial score (nSPS) is 12.1. The zero-order chi connectivity index (χ0) is 14.6. The van der Waals surface area contributed by atoms with E-state index in [2.05, 4.69) is 15.9 Å². The van der Waals surface area contributed by atoms with Gasteiger partial charge in [-0.1, -0.05) is 26.0 Å². The van der Waals surface area contributed by atoms with Gasteiger partial charge in [-0.15, -0.1) is 0 Å². The van der Waals surface area contributed by atoms with Crippen molar-refractivity contribution in [1.29, 1.82) is 0 Å². The lowest BCUT2D eigenvalue weighted by atomic mass is 10.2. The molecule has 0 saturated carbocycles. The Balaban J connectivity index is 3.19. The summed E-state index contributed by atoms with van der Waals surface area (Å²) in [5, 5.41) is 0. The quantitative estimate of drug-likeness (QED) is 0.847. The highest BCUT2D eigenvalue weighted by atomic mass is 79.9. The van der Waals surface area contributed by atoms with Gasteiger partial charge in [0.15, 0.2) is 0 Å². The Bertz CT molecular complexity index is 558. The van der Waals surface area contributed by atoms with Crippen LogP contribution < -0.4 is 5.73 Å². The van der Waals surface area contributed by atoms with E-state index in [1.54, 1.807) is 18.2 Å². The van der Waals surface area contributed by atoms with Crippen LogP contribution in [0.2, 0.25) is 0 Å². The number of primary amides is 1. The second kappa shape index (κ2) is 6.49. The van der Waals surface area contributed by atoms with Gasteiger partial charge in [-0.2, -0.15) is 4.31 Å². The SMILES string of the molecule is CC(C)CN(CC(N)=O)S(=O)(=O)c1ccccc1Br. The van der Waals surface area contributed by atoms with Crippen molar-refractivity contribution < 1.29 is 13.2 Å². The molecule has 0 radical (unpaired) electrons. The predicted molar refractivity (Wildman–Crippen MR) is 76.9 cm³/mol. The summed E-state index contributed by atoms with van der Waals surface area (Å²) in [6, 6.07) is 6.50. The molecule has 1 amide bonds. The summed E-state index contributed by atoms with van der Waals surface area (Å²) in [6.07, 6.45) is 0. The zero-order valence-corrected chi connectivity index (χ0v) is 13.2. The van der Waals surface area contributed by atoms with Crippen LogP contribution in [0.15, 0.2) is 33.6 Å². The van der Waals surface area contributed by atoms with Crippen molar-refractivity contribution in [2.45, 2.75) is 18.7 Å². The summed E-state index contributed by atoms with van der Waals surface area (Å²) < 4.78 is 26.6. The first kappa shape index (κ1) is 16.1. The van der Waals surface area contributed by atoms with Gasteiger partial charge >= 0.3 is 0 Å². The minimum Gasteiger partial charge on any atom is -0.369 e. The number of nitrogens with zero attached hydrogens (tertiary/aromatic N) is 1. The van der Waals surface area contributed by atoms with Crippen molar-refractivity contribution in [2.24, 2.45) is 11.7 Å². The summed E-state index contributed by atoms with van der Waals surface area (Å²) in [6.45, 7) is 3.68. The van der Waals surface area contributed by atoms with Crippen molar-refractivity contribution in [3.63, 3.8) is 0 Å². The second-order valence-electron chi connectivity index (χ2n) is 4.59. The fourth-order valence-electron chi connectivity index (χ4n) is 1.62. The lowest BCUT2D eigenvalue weighted by Gasteiger charge is -2.23. The topological polar surface area (TPSA) is 80.5 Å². The summed E-state index contributed by atoms with van der Waals surface area (Å²) >= 11 is 3.21. The summed E-state index contributed by atoms with van der Waals surface area (Å²) in [7, 11) is -3.74. The highest BCUT2D eigenvalue weighted by molar-refractivity contribution is 9.10. The van der Waals surface area contributed by atoms with Crippen molar-refractivity contribution in [3.05, 3.63) is 28.7 Å². The summed E-state index contributed by atoms with van der Waals surface area (Å²) in [4.78, 5) is 11.2. The van der Waals surface area contributed by atoms with Crippen LogP contribution in [0.5, 0.6) is 0 Å². The predicted octanol–water partition coefficient (Wildman–Crippen LogP) is 1.58. The van der Waals surface area contributed by atoms with Crippen LogP contribution >= 0.6 is 15.9 Å². The van der Waals surface area contributed by atoms with Crippen LogP contribution in [-0.2, 0) is 14.8 Å². The van der Waals surface area contributed by atoms with E-state index in [-0.39, 0.29) is 23.9 Å². The minimum absolute atomic E-state index is 0.0941. The van der Waals surface area contributed by atoms with E-state index in [0.29, 0.717) is 4.47 Å². The number of nitrogens with two attached hydrogens (primary N) is 1. The fourth-order valence-corrected chi connectivity index (χ4v) is 4.15. The molecule has 1 aromatic carbocycles. The fraction of sp³-hybridized carbons (Fsp3) is 0.417. The Hall–Kier alpha value is -0.920. The average Bonchev–Trinajstić information content (AvgIpc) is 2.27. The highest BCUT2D eigenvalue weighted by Crippen LogP contribution is 2.25. The number of halogens is 1. The number of carbonyl (C=O) groups excluding carboxylic acids is 1. The van der Waals surface area contributed by atoms with Crippen LogP contribution in [0, 0.1) is 5.92 Å². The number of hydrogen-bond acceptors (Lipinski definition) is 3. The molecule has 0 saturated heterocycles. The van der Waals surface area contributed by atoms with Crippen LogP contribution in [0.4, 0.5) is 0 Å². The Morgan fingerprint density at radius 3 is 2.42 bits per heavy atom. The number of hydrogen-bond donors (Lipinski definition) is 1. The van der Waals surface area contributed by atoms with E-state index in [9.17, 15) is 13.2 Å². The van der Waals surface area contributed by atoms with E-state index < -0.39 is 15.9 Å². The third-order valence-electron chi connectivity index (χ3n) is 2.36. The molecule has 0 spiro atoms. The standard InChI is InChI=1S/C12H17BrN2O3S/c1-9(2)7-15(8-12(14)16)19(17,18)11-6-4-3-5-10(11)13/h3-6,9H,7-8H2,1-2H3,(H2,14,16). The molecular formula is C12H17BrN2O3S. The van der Waals surface area contributed by atoms with Gasteiger partial charge in [0.25, 0.3) is 0 Å². The molecule has 106 valence electrons. The molecule has 0 aliphatic rings. The molecule has 0 unspecified atom stereocenters. The molecule has 2 N–H and O–H groups in total. The summed E-state index contributed by atoms with van der Waals surface area (Å²) in [5.41, 5.74) is 5.13. The van der Waals surface area contributed by atoms with Gasteiger partial charge in [0, 0.05) is 11.0 Å². The molecule has 0 aliphatic heterocycles. The summed E-state index contributed by atoms with van der Waals surface area (Å²) in [5.74, 6) is -0.576. The smallest absolute Gasteiger partial charge is 0.244 e. The van der Waals surface area contributed by atoms with Gasteiger partial charge in [-0.25, -0.2) is 8.42 Å². The van der Waals surface area contributed by atoms with Crippen molar-refractivity contribution in [3.8, 4) is 0 Å². The van der Waals surface area contributed by atoms with Crippen molar-refractivity contribution in [1.82, 2.24) is 4.31 Å². The van der Waals surface area contributed by atoms with Gasteiger partial charge < -0.3 is 5.73 Å². The first-order valence-corrected chi connectivity index (χ1v) is 8.01. The van der Waals surface area contributed by atoms with Crippen LogP contribution in [0.1, 0.15) is 13.8 Å². The maximum atomic E-state index is 12.5. The minimum atomic E-state index is -3.74. The largest absolute Gasteiger partial charge is 0.369 e. The van der Waals surface area contributed by atoms with Gasteiger partial charge in [-0.3, -0.25) is 4.79 Å². The van der Waals surface area contributed by atoms with E-state index in [0.717, 1.165) is 4.31 Å². The van der Waals surface area contributed by atoms with Gasteiger partial charge in [0.1, 0.15) is 0 Å². The average molecular weight is 349 g/mol. The number of sulfonamides is 1.